The summed E-state index contributed by atoms with van der Waals surface area (Å²) in [4.78, 5) is 11.1. The maximum absolute atomic E-state index is 11.1. The van der Waals surface area contributed by atoms with Crippen molar-refractivity contribution in [1.29, 1.82) is 0 Å². The van der Waals surface area contributed by atoms with Gasteiger partial charge in [-0.25, -0.2) is 0 Å². The molecule has 0 aliphatic rings. The number of carbonyl (C=O) groups excluding carboxylic acids is 1. The molecular weight excluding hydrogens is 196 g/mol. The predicted octanol–water partition coefficient (Wildman–Crippen LogP) is 5.13. The maximum atomic E-state index is 11.1. The van der Waals surface area contributed by atoms with E-state index in [0.29, 0.717) is 0 Å². The third kappa shape index (κ3) is 7.90. The third-order valence-corrected chi connectivity index (χ3v) is 3.49. The summed E-state index contributed by atoms with van der Waals surface area (Å²) in [5, 5.41) is 0. The van der Waals surface area contributed by atoms with Gasteiger partial charge in [0.05, 0.1) is 0 Å². The van der Waals surface area contributed by atoms with Crippen LogP contribution in [0, 0.1) is 5.41 Å². The molecule has 1 atom stereocenters. The fourth-order valence-corrected chi connectivity index (χ4v) is 2.13. The van der Waals surface area contributed by atoms with Crippen molar-refractivity contribution in [2.75, 3.05) is 0 Å². The highest BCUT2D eigenvalue weighted by Gasteiger charge is 2.21. The van der Waals surface area contributed by atoms with Crippen LogP contribution in [0.3, 0.4) is 0 Å². The topological polar surface area (TPSA) is 17.1 Å². The summed E-state index contributed by atoms with van der Waals surface area (Å²) in [7, 11) is 0. The minimum absolute atomic E-state index is 0.0409. The quantitative estimate of drug-likeness (QED) is 0.352. The van der Waals surface area contributed by atoms with Gasteiger partial charge in [-0.1, -0.05) is 72.1 Å². The van der Waals surface area contributed by atoms with Crippen LogP contribution in [0.4, 0.5) is 0 Å². The summed E-state index contributed by atoms with van der Waals surface area (Å²) >= 11 is 0. The normalized spacial score (nSPS) is 14.7. The number of hydrogen-bond donors (Lipinski definition) is 0. The van der Waals surface area contributed by atoms with Crippen LogP contribution in [-0.4, -0.2) is 6.29 Å². The van der Waals surface area contributed by atoms with E-state index in [1.165, 1.54) is 57.7 Å². The zero-order valence-corrected chi connectivity index (χ0v) is 11.6. The van der Waals surface area contributed by atoms with E-state index >= 15 is 0 Å². The van der Waals surface area contributed by atoms with Gasteiger partial charge in [-0.3, -0.25) is 0 Å². The first kappa shape index (κ1) is 15.7. The van der Waals surface area contributed by atoms with E-state index < -0.39 is 0 Å². The predicted molar refractivity (Wildman–Crippen MR) is 71.7 cm³/mol. The van der Waals surface area contributed by atoms with Crippen LogP contribution >= 0.6 is 0 Å². The number of aldehydes is 1. The molecule has 0 aliphatic heterocycles. The van der Waals surface area contributed by atoms with Crippen LogP contribution in [0.5, 0.6) is 0 Å². The number of hydrogen-bond acceptors (Lipinski definition) is 1. The lowest BCUT2D eigenvalue weighted by Crippen LogP contribution is -2.17. The van der Waals surface area contributed by atoms with Crippen LogP contribution in [0.15, 0.2) is 0 Å². The minimum Gasteiger partial charge on any atom is -0.303 e. The van der Waals surface area contributed by atoms with Crippen molar-refractivity contribution in [2.45, 2.75) is 85.0 Å². The first-order valence-electron chi connectivity index (χ1n) is 7.15. The molecule has 0 saturated carbocycles. The summed E-state index contributed by atoms with van der Waals surface area (Å²) in [5.41, 5.74) is -0.0409. The van der Waals surface area contributed by atoms with Gasteiger partial charge in [-0.15, -0.1) is 0 Å². The monoisotopic (exact) mass is 226 g/mol. The molecule has 0 heterocycles. The van der Waals surface area contributed by atoms with Crippen molar-refractivity contribution in [1.82, 2.24) is 0 Å². The highest BCUT2D eigenvalue weighted by molar-refractivity contribution is 5.58. The molecule has 1 unspecified atom stereocenters. The van der Waals surface area contributed by atoms with E-state index in [9.17, 15) is 4.79 Å². The van der Waals surface area contributed by atoms with Gasteiger partial charge in [0.15, 0.2) is 0 Å². The number of unbranched alkanes of at least 4 members (excludes halogenated alkanes) is 6. The van der Waals surface area contributed by atoms with Crippen molar-refractivity contribution in [2.24, 2.45) is 5.41 Å². The van der Waals surface area contributed by atoms with Gasteiger partial charge in [0.2, 0.25) is 0 Å². The van der Waals surface area contributed by atoms with E-state index in [1.807, 2.05) is 0 Å². The van der Waals surface area contributed by atoms with Crippen LogP contribution in [0.25, 0.3) is 0 Å². The molecular formula is C15H30O. The van der Waals surface area contributed by atoms with E-state index in [2.05, 4.69) is 20.8 Å². The first-order chi connectivity index (χ1) is 7.68. The molecule has 96 valence electrons. The largest absolute Gasteiger partial charge is 0.303 e. The van der Waals surface area contributed by atoms with Crippen molar-refractivity contribution in [3.63, 3.8) is 0 Å². The first-order valence-corrected chi connectivity index (χ1v) is 7.15. The Hall–Kier alpha value is -0.330. The van der Waals surface area contributed by atoms with E-state index in [1.54, 1.807) is 0 Å². The Morgan fingerprint density at radius 1 is 0.812 bits per heavy atom. The van der Waals surface area contributed by atoms with E-state index in [4.69, 9.17) is 0 Å². The molecule has 0 rings (SSSR count). The molecule has 0 fully saturated rings. The third-order valence-electron chi connectivity index (χ3n) is 3.49. The Balaban J connectivity index is 3.57. The summed E-state index contributed by atoms with van der Waals surface area (Å²) in [6, 6.07) is 0. The highest BCUT2D eigenvalue weighted by Crippen LogP contribution is 2.28. The Kier molecular flexibility index (Phi) is 9.66. The molecule has 0 aromatic rings. The molecule has 0 amide bonds. The van der Waals surface area contributed by atoms with Crippen molar-refractivity contribution >= 4 is 6.29 Å². The fourth-order valence-electron chi connectivity index (χ4n) is 2.13. The van der Waals surface area contributed by atoms with Gasteiger partial charge in [0.1, 0.15) is 6.29 Å². The second-order valence-corrected chi connectivity index (χ2v) is 5.39. The molecule has 0 aliphatic carbocycles. The zero-order valence-electron chi connectivity index (χ0n) is 11.6. The van der Waals surface area contributed by atoms with Crippen molar-refractivity contribution in [3.8, 4) is 0 Å². The molecule has 0 aromatic heterocycles. The lowest BCUT2D eigenvalue weighted by atomic mass is 9.81. The van der Waals surface area contributed by atoms with Crippen LogP contribution in [0.2, 0.25) is 0 Å². The van der Waals surface area contributed by atoms with Gasteiger partial charge in [-0.2, -0.15) is 0 Å². The smallest absolute Gasteiger partial charge is 0.125 e. The number of rotatable bonds is 11. The molecule has 0 radical (unpaired) electrons. The van der Waals surface area contributed by atoms with Gasteiger partial charge < -0.3 is 4.79 Å². The summed E-state index contributed by atoms with van der Waals surface area (Å²) in [6.45, 7) is 6.56. The van der Waals surface area contributed by atoms with Crippen molar-refractivity contribution in [3.05, 3.63) is 0 Å². The molecule has 0 N–H and O–H groups in total. The van der Waals surface area contributed by atoms with Crippen LogP contribution in [0.1, 0.15) is 85.0 Å². The molecule has 1 nitrogen and oxygen atoms in total. The zero-order chi connectivity index (χ0) is 12.3. The Morgan fingerprint density at radius 2 is 1.31 bits per heavy atom. The SMILES string of the molecule is CCCCCCCCC(C)(C=O)CCCC. The van der Waals surface area contributed by atoms with E-state index in [-0.39, 0.29) is 5.41 Å². The second-order valence-electron chi connectivity index (χ2n) is 5.39. The molecule has 1 heteroatoms. The Morgan fingerprint density at radius 3 is 1.88 bits per heavy atom. The van der Waals surface area contributed by atoms with Gasteiger partial charge in [-0.05, 0) is 12.8 Å². The molecule has 0 bridgehead atoms. The van der Waals surface area contributed by atoms with Gasteiger partial charge in [0.25, 0.3) is 0 Å². The molecule has 0 saturated heterocycles. The van der Waals surface area contributed by atoms with Crippen LogP contribution < -0.4 is 0 Å². The average Bonchev–Trinajstić information content (AvgIpc) is 2.31. The Labute approximate surface area is 102 Å². The number of carbonyl (C=O) groups is 1. The summed E-state index contributed by atoms with van der Waals surface area (Å²) < 4.78 is 0. The minimum atomic E-state index is -0.0409. The standard InChI is InChI=1S/C15H30O/c1-4-6-8-9-10-11-13-15(3,14-16)12-7-5-2/h14H,4-13H2,1-3H3. The lowest BCUT2D eigenvalue weighted by molar-refractivity contribution is -0.116. The van der Waals surface area contributed by atoms with Crippen LogP contribution in [-0.2, 0) is 4.79 Å². The second kappa shape index (κ2) is 9.86. The maximum Gasteiger partial charge on any atom is 0.125 e. The molecule has 0 spiro atoms. The fraction of sp³-hybridized carbons (Fsp3) is 0.933. The average molecular weight is 226 g/mol. The van der Waals surface area contributed by atoms with E-state index in [0.717, 1.165) is 12.8 Å². The summed E-state index contributed by atoms with van der Waals surface area (Å²) in [5.74, 6) is 0. The lowest BCUT2D eigenvalue weighted by Gasteiger charge is -2.22. The van der Waals surface area contributed by atoms with Crippen molar-refractivity contribution < 1.29 is 4.79 Å². The summed E-state index contributed by atoms with van der Waals surface area (Å²) in [6.07, 6.45) is 13.6. The molecule has 16 heavy (non-hydrogen) atoms. The van der Waals surface area contributed by atoms with Gasteiger partial charge in [0, 0.05) is 5.41 Å². The molecule has 0 aromatic carbocycles. The van der Waals surface area contributed by atoms with Gasteiger partial charge >= 0.3 is 0 Å². The Bertz CT molecular complexity index is 165. The highest BCUT2D eigenvalue weighted by atomic mass is 16.1.